The van der Waals surface area contributed by atoms with Gasteiger partial charge in [-0.1, -0.05) is 24.2 Å². The number of thioether (sulfide) groups is 1. The lowest BCUT2D eigenvalue weighted by atomic mass is 10.1. The molecule has 0 saturated carbocycles. The van der Waals surface area contributed by atoms with Crippen molar-refractivity contribution < 1.29 is 5.21 Å². The fourth-order valence-corrected chi connectivity index (χ4v) is 2.52. The Labute approximate surface area is 110 Å². The van der Waals surface area contributed by atoms with Crippen molar-refractivity contribution in [3.63, 3.8) is 0 Å². The van der Waals surface area contributed by atoms with Crippen LogP contribution in [0.3, 0.4) is 0 Å². The fourth-order valence-electron chi connectivity index (χ4n) is 1.90. The molecule has 18 heavy (non-hydrogen) atoms. The van der Waals surface area contributed by atoms with Gasteiger partial charge in [0.1, 0.15) is 0 Å². The van der Waals surface area contributed by atoms with E-state index in [2.05, 4.69) is 28.9 Å². The molecular weight excluding hydrogens is 246 g/mol. The highest BCUT2D eigenvalue weighted by molar-refractivity contribution is 7.99. The summed E-state index contributed by atoms with van der Waals surface area (Å²) in [6.45, 7) is 3.14. The lowest BCUT2D eigenvalue weighted by Crippen LogP contribution is -2.13. The van der Waals surface area contributed by atoms with Crippen LogP contribution in [0.15, 0.2) is 35.6 Å². The average molecular weight is 263 g/mol. The minimum absolute atomic E-state index is 0.146. The molecule has 0 aliphatic rings. The van der Waals surface area contributed by atoms with Crippen LogP contribution in [-0.2, 0) is 6.54 Å². The van der Waals surface area contributed by atoms with Crippen LogP contribution in [0.25, 0.3) is 10.9 Å². The molecule has 1 aromatic carbocycles. The van der Waals surface area contributed by atoms with E-state index in [1.807, 2.05) is 30.0 Å². The summed E-state index contributed by atoms with van der Waals surface area (Å²) in [5.41, 5.74) is 7.48. The summed E-state index contributed by atoms with van der Waals surface area (Å²) in [4.78, 5) is 0. The van der Waals surface area contributed by atoms with Crippen molar-refractivity contribution in [1.82, 2.24) is 4.57 Å². The van der Waals surface area contributed by atoms with Crippen LogP contribution in [0.1, 0.15) is 12.5 Å². The van der Waals surface area contributed by atoms with Gasteiger partial charge in [0.25, 0.3) is 0 Å². The SMILES string of the molecule is CCSCCn1ccc2ccc(/C(N)=N/O)cc21. The number of oxime groups is 1. The first-order valence-electron chi connectivity index (χ1n) is 5.90. The lowest BCUT2D eigenvalue weighted by Gasteiger charge is -2.06. The smallest absolute Gasteiger partial charge is 0.170 e. The molecule has 0 fully saturated rings. The van der Waals surface area contributed by atoms with Gasteiger partial charge in [0.2, 0.25) is 0 Å². The molecule has 2 rings (SSSR count). The first-order chi connectivity index (χ1) is 8.76. The van der Waals surface area contributed by atoms with E-state index in [-0.39, 0.29) is 5.84 Å². The van der Waals surface area contributed by atoms with E-state index in [1.165, 1.54) is 5.39 Å². The highest BCUT2D eigenvalue weighted by Crippen LogP contribution is 2.18. The summed E-state index contributed by atoms with van der Waals surface area (Å²) in [5, 5.41) is 12.9. The molecule has 5 heteroatoms. The molecule has 0 spiro atoms. The van der Waals surface area contributed by atoms with Crippen LogP contribution in [-0.4, -0.2) is 27.1 Å². The number of hydrogen-bond donors (Lipinski definition) is 2. The lowest BCUT2D eigenvalue weighted by molar-refractivity contribution is 0.318. The third-order valence-corrected chi connectivity index (χ3v) is 3.74. The number of amidine groups is 1. The van der Waals surface area contributed by atoms with Gasteiger partial charge >= 0.3 is 0 Å². The quantitative estimate of drug-likeness (QED) is 0.286. The number of aromatic nitrogens is 1. The molecule has 0 unspecified atom stereocenters. The normalized spacial score (nSPS) is 12.2. The van der Waals surface area contributed by atoms with Crippen molar-refractivity contribution in [2.45, 2.75) is 13.5 Å². The van der Waals surface area contributed by atoms with Crippen LogP contribution < -0.4 is 5.73 Å². The molecule has 0 bridgehead atoms. The summed E-state index contributed by atoms with van der Waals surface area (Å²) in [6, 6.07) is 7.90. The van der Waals surface area contributed by atoms with E-state index >= 15 is 0 Å². The van der Waals surface area contributed by atoms with Gasteiger partial charge in [-0.15, -0.1) is 0 Å². The molecule has 0 amide bonds. The highest BCUT2D eigenvalue weighted by atomic mass is 32.2. The second kappa shape index (κ2) is 5.82. The maximum atomic E-state index is 8.71. The monoisotopic (exact) mass is 263 g/mol. The van der Waals surface area contributed by atoms with Crippen molar-refractivity contribution in [1.29, 1.82) is 0 Å². The molecule has 0 saturated heterocycles. The molecule has 3 N–H and O–H groups in total. The molecule has 0 atom stereocenters. The minimum atomic E-state index is 0.146. The summed E-state index contributed by atoms with van der Waals surface area (Å²) in [6.07, 6.45) is 2.08. The number of hydrogen-bond acceptors (Lipinski definition) is 3. The number of nitrogens with zero attached hydrogens (tertiary/aromatic N) is 2. The van der Waals surface area contributed by atoms with E-state index in [9.17, 15) is 0 Å². The average Bonchev–Trinajstić information content (AvgIpc) is 2.81. The number of rotatable bonds is 5. The molecule has 1 heterocycles. The van der Waals surface area contributed by atoms with Crippen molar-refractivity contribution in [3.05, 3.63) is 36.0 Å². The topological polar surface area (TPSA) is 63.5 Å². The second-order valence-corrected chi connectivity index (χ2v) is 5.36. The van der Waals surface area contributed by atoms with E-state index < -0.39 is 0 Å². The maximum absolute atomic E-state index is 8.71. The first-order valence-corrected chi connectivity index (χ1v) is 7.06. The Balaban J connectivity index is 2.31. The predicted octanol–water partition coefficient (Wildman–Crippen LogP) is 2.49. The number of fused-ring (bicyclic) bond motifs is 1. The Hall–Kier alpha value is -1.62. The van der Waals surface area contributed by atoms with Gasteiger partial charge in [-0.05, 0) is 23.3 Å². The van der Waals surface area contributed by atoms with Crippen molar-refractivity contribution >= 4 is 28.5 Å². The van der Waals surface area contributed by atoms with Crippen molar-refractivity contribution in [2.24, 2.45) is 10.9 Å². The van der Waals surface area contributed by atoms with E-state index in [4.69, 9.17) is 10.9 Å². The highest BCUT2D eigenvalue weighted by Gasteiger charge is 2.05. The molecule has 0 aliphatic carbocycles. The Morgan fingerprint density at radius 3 is 3.00 bits per heavy atom. The van der Waals surface area contributed by atoms with E-state index in [0.29, 0.717) is 0 Å². The summed E-state index contributed by atoms with van der Waals surface area (Å²) < 4.78 is 2.20. The maximum Gasteiger partial charge on any atom is 0.170 e. The Morgan fingerprint density at radius 1 is 1.44 bits per heavy atom. The van der Waals surface area contributed by atoms with Gasteiger partial charge in [-0.2, -0.15) is 11.8 Å². The zero-order chi connectivity index (χ0) is 13.0. The number of aryl methyl sites for hydroxylation is 1. The molecule has 4 nitrogen and oxygen atoms in total. The van der Waals surface area contributed by atoms with Crippen LogP contribution in [0, 0.1) is 0 Å². The Bertz CT molecular complexity index is 562. The van der Waals surface area contributed by atoms with Gasteiger partial charge in [0.15, 0.2) is 5.84 Å². The van der Waals surface area contributed by atoms with Gasteiger partial charge in [-0.3, -0.25) is 0 Å². The van der Waals surface area contributed by atoms with Crippen LogP contribution in [0.5, 0.6) is 0 Å². The number of benzene rings is 1. The standard InChI is InChI=1S/C13H17N3OS/c1-2-18-8-7-16-6-5-10-3-4-11(9-12(10)16)13(14)15-17/h3-6,9,17H,2,7-8H2,1H3,(H2,14,15). The van der Waals surface area contributed by atoms with E-state index in [0.717, 1.165) is 29.1 Å². The third kappa shape index (κ3) is 2.61. The summed E-state index contributed by atoms with van der Waals surface area (Å²) in [5.74, 6) is 2.37. The fraction of sp³-hybridized carbons (Fsp3) is 0.308. The molecule has 0 aliphatic heterocycles. The van der Waals surface area contributed by atoms with E-state index in [1.54, 1.807) is 0 Å². The van der Waals surface area contributed by atoms with Gasteiger partial charge < -0.3 is 15.5 Å². The molecule has 1 aromatic heterocycles. The predicted molar refractivity (Wildman–Crippen MR) is 77.4 cm³/mol. The molecule has 2 aromatic rings. The number of nitrogens with two attached hydrogens (primary N) is 1. The summed E-state index contributed by atoms with van der Waals surface area (Å²) >= 11 is 1.92. The first kappa shape index (κ1) is 12.8. The van der Waals surface area contributed by atoms with Crippen LogP contribution >= 0.6 is 11.8 Å². The largest absolute Gasteiger partial charge is 0.409 e. The van der Waals surface area contributed by atoms with Crippen molar-refractivity contribution in [2.75, 3.05) is 11.5 Å². The Kier molecular flexibility index (Phi) is 4.15. The third-order valence-electron chi connectivity index (χ3n) is 2.86. The van der Waals surface area contributed by atoms with Crippen molar-refractivity contribution in [3.8, 4) is 0 Å². The minimum Gasteiger partial charge on any atom is -0.409 e. The molecule has 0 radical (unpaired) electrons. The Morgan fingerprint density at radius 2 is 2.28 bits per heavy atom. The molecule has 96 valence electrons. The zero-order valence-corrected chi connectivity index (χ0v) is 11.2. The zero-order valence-electron chi connectivity index (χ0n) is 10.3. The van der Waals surface area contributed by atoms with Gasteiger partial charge in [0.05, 0.1) is 0 Å². The molecular formula is C13H17N3OS. The van der Waals surface area contributed by atoms with Crippen LogP contribution in [0.2, 0.25) is 0 Å². The second-order valence-electron chi connectivity index (χ2n) is 3.96. The van der Waals surface area contributed by atoms with Crippen LogP contribution in [0.4, 0.5) is 0 Å². The van der Waals surface area contributed by atoms with Gasteiger partial charge in [-0.25, -0.2) is 0 Å². The summed E-state index contributed by atoms with van der Waals surface area (Å²) in [7, 11) is 0. The van der Waals surface area contributed by atoms with Gasteiger partial charge in [0, 0.05) is 29.6 Å².